The van der Waals surface area contributed by atoms with Gasteiger partial charge < -0.3 is 10.4 Å². The van der Waals surface area contributed by atoms with Crippen LogP contribution in [0.4, 0.5) is 14.5 Å². The van der Waals surface area contributed by atoms with Crippen LogP contribution in [0.2, 0.25) is 0 Å². The van der Waals surface area contributed by atoms with Crippen LogP contribution in [0.5, 0.6) is 0 Å². The van der Waals surface area contributed by atoms with Crippen molar-refractivity contribution in [1.82, 2.24) is 4.90 Å². The number of benzene rings is 1. The van der Waals surface area contributed by atoms with E-state index in [-0.39, 0.29) is 30.2 Å². The lowest BCUT2D eigenvalue weighted by Gasteiger charge is -2.17. The van der Waals surface area contributed by atoms with Gasteiger partial charge in [0.1, 0.15) is 11.6 Å². The maximum atomic E-state index is 13.0. The molecule has 1 aromatic rings. The van der Waals surface area contributed by atoms with Gasteiger partial charge in [-0.15, -0.1) is 0 Å². The molecule has 20 heavy (non-hydrogen) atoms. The molecule has 2 unspecified atom stereocenters. The van der Waals surface area contributed by atoms with Crippen LogP contribution in [0.1, 0.15) is 13.3 Å². The Morgan fingerprint density at radius 2 is 2.10 bits per heavy atom. The molecule has 2 atom stereocenters. The van der Waals surface area contributed by atoms with Gasteiger partial charge in [0.15, 0.2) is 0 Å². The van der Waals surface area contributed by atoms with Gasteiger partial charge in [-0.25, -0.2) is 8.78 Å². The highest BCUT2D eigenvalue weighted by atomic mass is 19.1. The number of halogens is 2. The molecule has 110 valence electrons. The number of rotatable bonds is 4. The number of likely N-dealkylation sites (tertiary alicyclic amines) is 1. The Balaban J connectivity index is 1.87. The van der Waals surface area contributed by atoms with Gasteiger partial charge in [0.25, 0.3) is 0 Å². The summed E-state index contributed by atoms with van der Waals surface area (Å²) in [7, 11) is 0. The summed E-state index contributed by atoms with van der Waals surface area (Å²) in [6, 6.07) is 2.90. The largest absolute Gasteiger partial charge is 0.393 e. The molecule has 1 aliphatic heterocycles. The Bertz CT molecular complexity index is 474. The average Bonchev–Trinajstić information content (AvgIpc) is 2.75. The molecule has 0 saturated carbocycles. The van der Waals surface area contributed by atoms with Crippen LogP contribution < -0.4 is 5.32 Å². The first-order valence-corrected chi connectivity index (χ1v) is 6.60. The lowest BCUT2D eigenvalue weighted by molar-refractivity contribution is -0.117. The third-order valence-corrected chi connectivity index (χ3v) is 3.50. The van der Waals surface area contributed by atoms with E-state index >= 15 is 0 Å². The van der Waals surface area contributed by atoms with Crippen LogP contribution in [-0.2, 0) is 4.79 Å². The predicted molar refractivity (Wildman–Crippen MR) is 71.2 cm³/mol. The second-order valence-corrected chi connectivity index (χ2v) is 5.23. The molecule has 0 radical (unpaired) electrons. The number of anilines is 1. The lowest BCUT2D eigenvalue weighted by Crippen LogP contribution is -2.32. The number of hydrogen-bond donors (Lipinski definition) is 2. The Hall–Kier alpha value is -1.53. The molecule has 1 heterocycles. The number of amides is 1. The van der Waals surface area contributed by atoms with Crippen molar-refractivity contribution in [3.05, 3.63) is 29.8 Å². The highest BCUT2D eigenvalue weighted by molar-refractivity contribution is 5.92. The van der Waals surface area contributed by atoms with E-state index in [1.807, 2.05) is 4.90 Å². The summed E-state index contributed by atoms with van der Waals surface area (Å²) in [5.74, 6) is -1.60. The summed E-state index contributed by atoms with van der Waals surface area (Å²) in [4.78, 5) is 13.7. The number of aliphatic hydroxyl groups is 1. The van der Waals surface area contributed by atoms with Gasteiger partial charge in [-0.05, 0) is 37.9 Å². The summed E-state index contributed by atoms with van der Waals surface area (Å²) in [5.41, 5.74) is 0.110. The quantitative estimate of drug-likeness (QED) is 0.883. The molecule has 1 aliphatic rings. The van der Waals surface area contributed by atoms with E-state index in [1.54, 1.807) is 6.92 Å². The maximum absolute atomic E-state index is 13.0. The molecule has 2 rings (SSSR count). The molecule has 0 aliphatic carbocycles. The molecule has 4 nitrogen and oxygen atoms in total. The van der Waals surface area contributed by atoms with Gasteiger partial charge in [-0.1, -0.05) is 0 Å². The highest BCUT2D eigenvalue weighted by Crippen LogP contribution is 2.19. The van der Waals surface area contributed by atoms with Crippen LogP contribution in [0.3, 0.4) is 0 Å². The third kappa shape index (κ3) is 3.98. The Kier molecular flexibility index (Phi) is 4.67. The molecular weight excluding hydrogens is 266 g/mol. The van der Waals surface area contributed by atoms with Gasteiger partial charge in [0.05, 0.1) is 12.6 Å². The Morgan fingerprint density at radius 1 is 1.45 bits per heavy atom. The summed E-state index contributed by atoms with van der Waals surface area (Å²) in [5, 5.41) is 12.0. The molecule has 1 fully saturated rings. The maximum Gasteiger partial charge on any atom is 0.238 e. The van der Waals surface area contributed by atoms with Crippen LogP contribution in [0.15, 0.2) is 18.2 Å². The minimum Gasteiger partial charge on any atom is -0.393 e. The topological polar surface area (TPSA) is 52.6 Å². The van der Waals surface area contributed by atoms with E-state index < -0.39 is 11.6 Å². The standard InChI is InChI=1S/C14H18F2N2O2/c1-9(19)10-2-3-18(7-10)8-14(20)17-13-5-11(15)4-12(16)6-13/h4-6,9-10,19H,2-3,7-8H2,1H3,(H,17,20). The zero-order valence-electron chi connectivity index (χ0n) is 11.3. The fourth-order valence-corrected chi connectivity index (χ4v) is 2.43. The SMILES string of the molecule is CC(O)C1CCN(CC(=O)Nc2cc(F)cc(F)c2)C1. The van der Waals surface area contributed by atoms with Gasteiger partial charge in [-0.2, -0.15) is 0 Å². The van der Waals surface area contributed by atoms with Crippen LogP contribution in [-0.4, -0.2) is 41.7 Å². The molecule has 0 bridgehead atoms. The van der Waals surface area contributed by atoms with Gasteiger partial charge in [0.2, 0.25) is 5.91 Å². The number of carbonyl (C=O) groups is 1. The highest BCUT2D eigenvalue weighted by Gasteiger charge is 2.27. The molecule has 1 amide bonds. The first-order chi connectivity index (χ1) is 9.44. The van der Waals surface area contributed by atoms with Crippen LogP contribution in [0.25, 0.3) is 0 Å². The zero-order chi connectivity index (χ0) is 14.7. The van der Waals surface area contributed by atoms with Crippen molar-refractivity contribution in [2.45, 2.75) is 19.4 Å². The third-order valence-electron chi connectivity index (χ3n) is 3.50. The molecular formula is C14H18F2N2O2. The van der Waals surface area contributed by atoms with E-state index in [4.69, 9.17) is 0 Å². The molecule has 1 aromatic carbocycles. The Labute approximate surface area is 116 Å². The van der Waals surface area contributed by atoms with E-state index in [1.165, 1.54) is 0 Å². The molecule has 1 saturated heterocycles. The normalized spacial score (nSPS) is 20.9. The lowest BCUT2D eigenvalue weighted by atomic mass is 10.0. The second kappa shape index (κ2) is 6.28. The number of hydrogen-bond acceptors (Lipinski definition) is 3. The number of aliphatic hydroxyl groups excluding tert-OH is 1. The van der Waals surface area contributed by atoms with Crippen molar-refractivity contribution in [1.29, 1.82) is 0 Å². The van der Waals surface area contributed by atoms with Crippen molar-refractivity contribution >= 4 is 11.6 Å². The smallest absolute Gasteiger partial charge is 0.238 e. The summed E-state index contributed by atoms with van der Waals surface area (Å²) >= 11 is 0. The van der Waals surface area contributed by atoms with Crippen LogP contribution >= 0.6 is 0 Å². The van der Waals surface area contributed by atoms with E-state index in [9.17, 15) is 18.7 Å². The first-order valence-electron chi connectivity index (χ1n) is 6.60. The number of nitrogens with zero attached hydrogens (tertiary/aromatic N) is 1. The van der Waals surface area contributed by atoms with E-state index in [0.29, 0.717) is 6.54 Å². The molecule has 0 aromatic heterocycles. The summed E-state index contributed by atoms with van der Waals surface area (Å²) < 4.78 is 26.0. The summed E-state index contributed by atoms with van der Waals surface area (Å²) in [6.45, 7) is 3.29. The van der Waals surface area contributed by atoms with E-state index in [2.05, 4.69) is 5.32 Å². The fraction of sp³-hybridized carbons (Fsp3) is 0.500. The van der Waals surface area contributed by atoms with Gasteiger partial charge in [0, 0.05) is 18.3 Å². The van der Waals surface area contributed by atoms with Crippen molar-refractivity contribution < 1.29 is 18.7 Å². The van der Waals surface area contributed by atoms with Crippen molar-refractivity contribution in [2.75, 3.05) is 25.0 Å². The van der Waals surface area contributed by atoms with Gasteiger partial charge in [-0.3, -0.25) is 9.69 Å². The fourth-order valence-electron chi connectivity index (χ4n) is 2.43. The van der Waals surface area contributed by atoms with Crippen molar-refractivity contribution in [3.8, 4) is 0 Å². The Morgan fingerprint density at radius 3 is 2.65 bits per heavy atom. The molecule has 0 spiro atoms. The summed E-state index contributed by atoms with van der Waals surface area (Å²) in [6.07, 6.45) is 0.458. The van der Waals surface area contributed by atoms with Crippen molar-refractivity contribution in [2.24, 2.45) is 5.92 Å². The van der Waals surface area contributed by atoms with Gasteiger partial charge >= 0.3 is 0 Å². The van der Waals surface area contributed by atoms with E-state index in [0.717, 1.165) is 31.2 Å². The predicted octanol–water partition coefficient (Wildman–Crippen LogP) is 1.61. The first kappa shape index (κ1) is 14.9. The minimum atomic E-state index is -0.726. The average molecular weight is 284 g/mol. The number of nitrogens with one attached hydrogen (secondary N) is 1. The van der Waals surface area contributed by atoms with Crippen molar-refractivity contribution in [3.63, 3.8) is 0 Å². The monoisotopic (exact) mass is 284 g/mol. The van der Waals surface area contributed by atoms with Crippen LogP contribution in [0, 0.1) is 17.6 Å². The molecule has 2 N–H and O–H groups in total. The zero-order valence-corrected chi connectivity index (χ0v) is 11.3. The second-order valence-electron chi connectivity index (χ2n) is 5.23. The minimum absolute atomic E-state index is 0.110. The molecule has 6 heteroatoms. The number of carbonyl (C=O) groups excluding carboxylic acids is 1.